The molecule has 0 atom stereocenters. The van der Waals surface area contributed by atoms with Crippen LogP contribution < -0.4 is 4.57 Å². The molecule has 6 aromatic rings. The summed E-state index contributed by atoms with van der Waals surface area (Å²) < 4.78 is 10.8. The molecule has 30 heavy (non-hydrogen) atoms. The van der Waals surface area contributed by atoms with Crippen molar-refractivity contribution in [1.82, 2.24) is 4.57 Å². The van der Waals surface area contributed by atoms with Gasteiger partial charge in [-0.3, -0.25) is 0 Å². The summed E-state index contributed by atoms with van der Waals surface area (Å²) in [5.41, 5.74) is 8.18. The van der Waals surface area contributed by atoms with Gasteiger partial charge in [-0.05, 0) is 62.2 Å². The third-order valence-corrected chi connectivity index (χ3v) is 6.50. The van der Waals surface area contributed by atoms with E-state index in [-0.39, 0.29) is 0 Å². The van der Waals surface area contributed by atoms with Gasteiger partial charge in [0, 0.05) is 22.2 Å². The van der Waals surface area contributed by atoms with Crippen LogP contribution in [0.25, 0.3) is 49.7 Å². The summed E-state index contributed by atoms with van der Waals surface area (Å²) in [6.45, 7) is 6.56. The fourth-order valence-electron chi connectivity index (χ4n) is 4.79. The number of para-hydroxylation sites is 1. The maximum atomic E-state index is 6.27. The van der Waals surface area contributed by atoms with Crippen LogP contribution in [0.3, 0.4) is 0 Å². The van der Waals surface area contributed by atoms with E-state index in [0.717, 1.165) is 27.9 Å². The largest absolute Gasteiger partial charge is 0.422 e. The Morgan fingerprint density at radius 2 is 1.57 bits per heavy atom. The van der Waals surface area contributed by atoms with E-state index < -0.39 is 0 Å². The minimum atomic E-state index is 0.890. The van der Waals surface area contributed by atoms with Crippen LogP contribution in [0.2, 0.25) is 0 Å². The normalized spacial score (nSPS) is 12.0. The van der Waals surface area contributed by atoms with E-state index >= 15 is 0 Å². The van der Waals surface area contributed by atoms with Crippen LogP contribution in [-0.4, -0.2) is 4.57 Å². The molecule has 0 saturated carbocycles. The number of pyridine rings is 1. The highest BCUT2D eigenvalue weighted by Gasteiger charge is 2.25. The number of aryl methyl sites for hydroxylation is 4. The Morgan fingerprint density at radius 3 is 2.43 bits per heavy atom. The predicted octanol–water partition coefficient (Wildman–Crippen LogP) is 6.43. The maximum Gasteiger partial charge on any atom is 0.297 e. The molecule has 3 heteroatoms. The Balaban J connectivity index is 1.80. The molecular formula is C27H23N2O+. The highest BCUT2D eigenvalue weighted by molar-refractivity contribution is 6.10. The van der Waals surface area contributed by atoms with Gasteiger partial charge in [0.05, 0.1) is 12.4 Å². The first-order valence-electron chi connectivity index (χ1n) is 10.4. The number of fused-ring (bicyclic) bond motifs is 6. The van der Waals surface area contributed by atoms with Crippen molar-refractivity contribution in [3.05, 3.63) is 83.4 Å². The topological polar surface area (TPSA) is 21.9 Å². The van der Waals surface area contributed by atoms with Gasteiger partial charge in [-0.1, -0.05) is 35.9 Å². The van der Waals surface area contributed by atoms with Gasteiger partial charge in [-0.15, -0.1) is 0 Å². The molecule has 0 fully saturated rings. The lowest BCUT2D eigenvalue weighted by Gasteiger charge is -2.07. The van der Waals surface area contributed by atoms with Gasteiger partial charge in [0.2, 0.25) is 0 Å². The summed E-state index contributed by atoms with van der Waals surface area (Å²) in [4.78, 5) is 0. The molecule has 0 aliphatic heterocycles. The van der Waals surface area contributed by atoms with E-state index in [2.05, 4.69) is 91.6 Å². The summed E-state index contributed by atoms with van der Waals surface area (Å²) in [6, 6.07) is 23.9. The van der Waals surface area contributed by atoms with Crippen molar-refractivity contribution in [2.45, 2.75) is 20.8 Å². The Hall–Kier alpha value is -3.59. The number of aromatic nitrogens is 2. The zero-order chi connectivity index (χ0) is 20.6. The second kappa shape index (κ2) is 5.96. The van der Waals surface area contributed by atoms with Gasteiger partial charge in [0.25, 0.3) is 11.5 Å². The highest BCUT2D eigenvalue weighted by Crippen LogP contribution is 2.35. The number of nitrogens with zero attached hydrogens (tertiary/aromatic N) is 2. The number of rotatable bonds is 1. The van der Waals surface area contributed by atoms with Crippen molar-refractivity contribution in [3.63, 3.8) is 0 Å². The molecule has 0 bridgehead atoms. The first-order chi connectivity index (χ1) is 14.5. The average Bonchev–Trinajstić information content (AvgIpc) is 3.28. The number of hydrogen-bond acceptors (Lipinski definition) is 1. The van der Waals surface area contributed by atoms with Crippen molar-refractivity contribution in [1.29, 1.82) is 0 Å². The van der Waals surface area contributed by atoms with E-state index in [1.165, 1.54) is 38.5 Å². The minimum Gasteiger partial charge on any atom is -0.422 e. The van der Waals surface area contributed by atoms with E-state index in [9.17, 15) is 0 Å². The Morgan fingerprint density at radius 1 is 0.767 bits per heavy atom. The zero-order valence-corrected chi connectivity index (χ0v) is 17.7. The second-order valence-corrected chi connectivity index (χ2v) is 8.33. The predicted molar refractivity (Wildman–Crippen MR) is 123 cm³/mol. The summed E-state index contributed by atoms with van der Waals surface area (Å²) in [5, 5.41) is 4.88. The summed E-state index contributed by atoms with van der Waals surface area (Å²) in [7, 11) is 2.09. The first-order valence-corrected chi connectivity index (χ1v) is 10.4. The highest BCUT2D eigenvalue weighted by atomic mass is 16.3. The molecule has 0 saturated heterocycles. The fraction of sp³-hybridized carbons (Fsp3) is 0.148. The van der Waals surface area contributed by atoms with Gasteiger partial charge in [-0.2, -0.15) is 9.13 Å². The Labute approximate surface area is 174 Å². The number of hydrogen-bond donors (Lipinski definition) is 0. The Kier molecular flexibility index (Phi) is 3.43. The van der Waals surface area contributed by atoms with Crippen LogP contribution in [0.1, 0.15) is 16.7 Å². The van der Waals surface area contributed by atoms with Gasteiger partial charge >= 0.3 is 0 Å². The third kappa shape index (κ3) is 2.18. The van der Waals surface area contributed by atoms with E-state index in [4.69, 9.17) is 4.42 Å². The maximum absolute atomic E-state index is 6.27. The molecule has 0 aliphatic carbocycles. The number of benzene rings is 3. The standard InChI is InChI=1S/C27H23N2O/c1-16-9-13-23-22(15-16)20-11-10-17(2)18(3)26(20)29(23)25-14-12-21-19-7-5-6-8-24(19)30-27(21)28(25)4/h5-15H,1-4H3/q+1. The molecule has 0 spiro atoms. The lowest BCUT2D eigenvalue weighted by molar-refractivity contribution is -0.645. The fourth-order valence-corrected chi connectivity index (χ4v) is 4.79. The van der Waals surface area contributed by atoms with Crippen LogP contribution in [0.5, 0.6) is 0 Å². The number of furan rings is 1. The molecule has 146 valence electrons. The SMILES string of the molecule is Cc1ccc2c(c1)c1ccc(C)c(C)c1n2-c1ccc2c3ccccc3oc2[n+]1C. The second-order valence-electron chi connectivity index (χ2n) is 8.33. The van der Waals surface area contributed by atoms with Crippen LogP contribution in [0.15, 0.2) is 71.1 Å². The van der Waals surface area contributed by atoms with Gasteiger partial charge < -0.3 is 4.42 Å². The lowest BCUT2D eigenvalue weighted by atomic mass is 10.0. The monoisotopic (exact) mass is 391 g/mol. The molecule has 3 aromatic heterocycles. The smallest absolute Gasteiger partial charge is 0.297 e. The molecular weight excluding hydrogens is 368 g/mol. The van der Waals surface area contributed by atoms with E-state index in [0.29, 0.717) is 0 Å². The molecule has 0 radical (unpaired) electrons. The van der Waals surface area contributed by atoms with E-state index in [1.807, 2.05) is 12.1 Å². The summed E-state index contributed by atoms with van der Waals surface area (Å²) in [5.74, 6) is 1.10. The van der Waals surface area contributed by atoms with Crippen LogP contribution in [0, 0.1) is 20.8 Å². The van der Waals surface area contributed by atoms with Gasteiger partial charge in [0.15, 0.2) is 0 Å². The van der Waals surface area contributed by atoms with Crippen molar-refractivity contribution in [2.75, 3.05) is 0 Å². The molecule has 0 unspecified atom stereocenters. The molecule has 0 aliphatic rings. The molecule has 6 rings (SSSR count). The minimum absolute atomic E-state index is 0.890. The quantitative estimate of drug-likeness (QED) is 0.296. The summed E-state index contributed by atoms with van der Waals surface area (Å²) in [6.07, 6.45) is 0. The first kappa shape index (κ1) is 17.3. The zero-order valence-electron chi connectivity index (χ0n) is 17.7. The van der Waals surface area contributed by atoms with Crippen LogP contribution in [-0.2, 0) is 7.05 Å². The molecule has 3 nitrogen and oxygen atoms in total. The average molecular weight is 391 g/mol. The van der Waals surface area contributed by atoms with Gasteiger partial charge in [-0.25, -0.2) is 0 Å². The molecule has 3 aromatic carbocycles. The van der Waals surface area contributed by atoms with Gasteiger partial charge in [0.1, 0.15) is 16.6 Å². The molecule has 3 heterocycles. The van der Waals surface area contributed by atoms with Crippen molar-refractivity contribution < 1.29 is 8.98 Å². The van der Waals surface area contributed by atoms with Crippen molar-refractivity contribution in [3.8, 4) is 5.82 Å². The van der Waals surface area contributed by atoms with E-state index in [1.54, 1.807) is 0 Å². The van der Waals surface area contributed by atoms with Crippen LogP contribution >= 0.6 is 0 Å². The molecule has 0 amide bonds. The third-order valence-electron chi connectivity index (χ3n) is 6.50. The van der Waals surface area contributed by atoms with Crippen LogP contribution in [0.4, 0.5) is 0 Å². The lowest BCUT2D eigenvalue weighted by Crippen LogP contribution is -2.34. The molecule has 0 N–H and O–H groups in total. The Bertz CT molecular complexity index is 1630. The summed E-state index contributed by atoms with van der Waals surface area (Å²) >= 11 is 0. The van der Waals surface area contributed by atoms with Crippen molar-refractivity contribution >= 4 is 43.9 Å². The van der Waals surface area contributed by atoms with Crippen molar-refractivity contribution in [2.24, 2.45) is 7.05 Å².